The number of amides is 2. The van der Waals surface area contributed by atoms with Crippen LogP contribution < -0.4 is 10.6 Å². The van der Waals surface area contributed by atoms with Gasteiger partial charge in [0.25, 0.3) is 11.8 Å². The van der Waals surface area contributed by atoms with Crippen LogP contribution in [0.4, 0.5) is 5.13 Å². The molecule has 0 saturated carbocycles. The minimum absolute atomic E-state index is 0.138. The molecular weight excluding hydrogens is 366 g/mol. The van der Waals surface area contributed by atoms with Crippen LogP contribution in [0.2, 0.25) is 0 Å². The zero-order chi connectivity index (χ0) is 19.6. The van der Waals surface area contributed by atoms with Gasteiger partial charge in [0.1, 0.15) is 4.70 Å². The summed E-state index contributed by atoms with van der Waals surface area (Å²) in [5.41, 5.74) is 0.883. The number of benzene rings is 1. The van der Waals surface area contributed by atoms with E-state index in [0.29, 0.717) is 21.0 Å². The molecule has 3 N–H and O–H groups in total. The van der Waals surface area contributed by atoms with Crippen molar-refractivity contribution >= 4 is 38.6 Å². The molecule has 8 nitrogen and oxygen atoms in total. The minimum Gasteiger partial charge on any atom is -0.395 e. The third-order valence-corrected chi connectivity index (χ3v) is 4.70. The molecule has 0 fully saturated rings. The van der Waals surface area contributed by atoms with Gasteiger partial charge in [-0.15, -0.1) is 0 Å². The number of hydrogen-bond acceptors (Lipinski definition) is 6. The summed E-state index contributed by atoms with van der Waals surface area (Å²) in [6.45, 7) is 5.85. The van der Waals surface area contributed by atoms with Crippen LogP contribution >= 0.6 is 11.3 Å². The molecule has 142 valence electrons. The molecule has 1 aromatic carbocycles. The molecule has 0 unspecified atom stereocenters. The van der Waals surface area contributed by atoms with Crippen molar-refractivity contribution in [3.8, 4) is 0 Å². The van der Waals surface area contributed by atoms with E-state index in [1.54, 1.807) is 28.9 Å². The number of nitrogens with zero attached hydrogens (tertiary/aromatic N) is 3. The standard InChI is InChI=1S/C18H21N5O3S/c1-18(2,3)23-14-13(12(22-23)16(26)19-9-10-24)27-17(20-14)21-15(25)11-7-5-4-6-8-11/h4-8,24H,9-10H2,1-3H3,(H,19,26)(H,20,21,25). The second-order valence-corrected chi connectivity index (χ2v) is 7.90. The van der Waals surface area contributed by atoms with Gasteiger partial charge in [-0.3, -0.25) is 14.9 Å². The predicted octanol–water partition coefficient (Wildman–Crippen LogP) is 2.22. The molecule has 3 aromatic rings. The first-order valence-electron chi connectivity index (χ1n) is 8.46. The van der Waals surface area contributed by atoms with Gasteiger partial charge in [0.15, 0.2) is 16.5 Å². The Morgan fingerprint density at radius 3 is 2.52 bits per heavy atom. The van der Waals surface area contributed by atoms with Crippen molar-refractivity contribution in [1.82, 2.24) is 20.1 Å². The summed E-state index contributed by atoms with van der Waals surface area (Å²) in [5, 5.41) is 19.1. The highest BCUT2D eigenvalue weighted by Crippen LogP contribution is 2.32. The topological polar surface area (TPSA) is 109 Å². The Morgan fingerprint density at radius 2 is 1.89 bits per heavy atom. The number of aliphatic hydroxyl groups excluding tert-OH is 1. The fourth-order valence-corrected chi connectivity index (χ4v) is 3.41. The quantitative estimate of drug-likeness (QED) is 0.622. The normalized spacial score (nSPS) is 11.6. The molecule has 0 saturated heterocycles. The highest BCUT2D eigenvalue weighted by molar-refractivity contribution is 7.22. The molecule has 2 amide bonds. The molecule has 27 heavy (non-hydrogen) atoms. The van der Waals surface area contributed by atoms with E-state index in [2.05, 4.69) is 20.7 Å². The molecular formula is C18H21N5O3S. The second kappa shape index (κ2) is 7.45. The van der Waals surface area contributed by atoms with E-state index >= 15 is 0 Å². The number of rotatable bonds is 5. The number of aromatic nitrogens is 3. The van der Waals surface area contributed by atoms with Crippen molar-refractivity contribution in [2.24, 2.45) is 0 Å². The number of anilines is 1. The third-order valence-electron chi connectivity index (χ3n) is 3.73. The Balaban J connectivity index is 1.98. The summed E-state index contributed by atoms with van der Waals surface area (Å²) in [7, 11) is 0. The van der Waals surface area contributed by atoms with Crippen LogP contribution in [0.3, 0.4) is 0 Å². The predicted molar refractivity (Wildman–Crippen MR) is 104 cm³/mol. The summed E-state index contributed by atoms with van der Waals surface area (Å²) in [5.74, 6) is -0.657. The van der Waals surface area contributed by atoms with Gasteiger partial charge >= 0.3 is 0 Å². The van der Waals surface area contributed by atoms with E-state index in [9.17, 15) is 9.59 Å². The summed E-state index contributed by atoms with van der Waals surface area (Å²) in [6.07, 6.45) is 0. The fraction of sp³-hybridized carbons (Fsp3) is 0.333. The minimum atomic E-state index is -0.400. The van der Waals surface area contributed by atoms with Gasteiger partial charge in [-0.05, 0) is 32.9 Å². The summed E-state index contributed by atoms with van der Waals surface area (Å²) >= 11 is 1.20. The van der Waals surface area contributed by atoms with E-state index < -0.39 is 5.54 Å². The lowest BCUT2D eigenvalue weighted by atomic mass is 10.1. The van der Waals surface area contributed by atoms with Gasteiger partial charge < -0.3 is 10.4 Å². The van der Waals surface area contributed by atoms with E-state index in [4.69, 9.17) is 5.11 Å². The number of nitrogens with one attached hydrogen (secondary N) is 2. The van der Waals surface area contributed by atoms with Crippen LogP contribution in [0.5, 0.6) is 0 Å². The molecule has 0 aliphatic rings. The van der Waals surface area contributed by atoms with Gasteiger partial charge in [0.05, 0.1) is 12.1 Å². The summed E-state index contributed by atoms with van der Waals surface area (Å²) in [4.78, 5) is 29.3. The number of hydrogen-bond donors (Lipinski definition) is 3. The van der Waals surface area contributed by atoms with Crippen LogP contribution in [0, 0.1) is 0 Å². The first kappa shape index (κ1) is 19.0. The average Bonchev–Trinajstić information content (AvgIpc) is 3.18. The molecule has 0 bridgehead atoms. The molecule has 9 heteroatoms. The zero-order valence-electron chi connectivity index (χ0n) is 15.3. The number of carbonyl (C=O) groups is 2. The maximum Gasteiger partial charge on any atom is 0.273 e. The maximum atomic E-state index is 12.4. The molecule has 0 aliphatic heterocycles. The van der Waals surface area contributed by atoms with Crippen LogP contribution in [0.25, 0.3) is 10.3 Å². The largest absolute Gasteiger partial charge is 0.395 e. The first-order valence-corrected chi connectivity index (χ1v) is 9.28. The van der Waals surface area contributed by atoms with Crippen molar-refractivity contribution in [2.45, 2.75) is 26.3 Å². The van der Waals surface area contributed by atoms with Crippen molar-refractivity contribution in [3.63, 3.8) is 0 Å². The average molecular weight is 387 g/mol. The van der Waals surface area contributed by atoms with Gasteiger partial charge in [0, 0.05) is 12.1 Å². The van der Waals surface area contributed by atoms with Crippen LogP contribution in [-0.2, 0) is 5.54 Å². The highest BCUT2D eigenvalue weighted by atomic mass is 32.1. The van der Waals surface area contributed by atoms with Crippen molar-refractivity contribution < 1.29 is 14.7 Å². The third kappa shape index (κ3) is 3.99. The number of thiazole rings is 1. The van der Waals surface area contributed by atoms with Crippen LogP contribution in [0.1, 0.15) is 41.6 Å². The van der Waals surface area contributed by atoms with Gasteiger partial charge in [-0.1, -0.05) is 29.5 Å². The number of fused-ring (bicyclic) bond motifs is 1. The van der Waals surface area contributed by atoms with E-state index in [0.717, 1.165) is 0 Å². The SMILES string of the molecule is CC(C)(C)n1nc(C(=O)NCCO)c2sc(NC(=O)c3ccccc3)nc21. The van der Waals surface area contributed by atoms with Crippen LogP contribution in [-0.4, -0.2) is 44.8 Å². The Kier molecular flexibility index (Phi) is 5.24. The molecule has 3 rings (SSSR count). The first-order chi connectivity index (χ1) is 12.8. The molecule has 0 aliphatic carbocycles. The molecule has 0 radical (unpaired) electrons. The monoisotopic (exact) mass is 387 g/mol. The lowest BCUT2D eigenvalue weighted by molar-refractivity contribution is 0.0939. The van der Waals surface area contributed by atoms with Crippen molar-refractivity contribution in [1.29, 1.82) is 0 Å². The highest BCUT2D eigenvalue weighted by Gasteiger charge is 2.27. The maximum absolute atomic E-state index is 12.4. The smallest absolute Gasteiger partial charge is 0.273 e. The van der Waals surface area contributed by atoms with E-state index in [1.807, 2.05) is 26.8 Å². The zero-order valence-corrected chi connectivity index (χ0v) is 16.1. The fourth-order valence-electron chi connectivity index (χ4n) is 2.48. The summed E-state index contributed by atoms with van der Waals surface area (Å²) in [6, 6.07) is 8.84. The Bertz CT molecular complexity index is 972. The van der Waals surface area contributed by atoms with Crippen LogP contribution in [0.15, 0.2) is 30.3 Å². The Morgan fingerprint density at radius 1 is 1.19 bits per heavy atom. The van der Waals surface area contributed by atoms with E-state index in [-0.39, 0.29) is 30.7 Å². The number of carbonyl (C=O) groups excluding carboxylic acids is 2. The molecule has 2 heterocycles. The lowest BCUT2D eigenvalue weighted by Crippen LogP contribution is -2.28. The van der Waals surface area contributed by atoms with Gasteiger partial charge in [-0.25, -0.2) is 4.68 Å². The van der Waals surface area contributed by atoms with Gasteiger partial charge in [0.2, 0.25) is 0 Å². The Hall–Kier alpha value is -2.78. The van der Waals surface area contributed by atoms with E-state index in [1.165, 1.54) is 11.3 Å². The Labute approximate surface area is 160 Å². The second-order valence-electron chi connectivity index (χ2n) is 6.90. The lowest BCUT2D eigenvalue weighted by Gasteiger charge is -2.19. The molecule has 0 atom stereocenters. The summed E-state index contributed by atoms with van der Waals surface area (Å²) < 4.78 is 2.26. The van der Waals surface area contributed by atoms with Crippen molar-refractivity contribution in [3.05, 3.63) is 41.6 Å². The van der Waals surface area contributed by atoms with Gasteiger partial charge in [-0.2, -0.15) is 10.1 Å². The molecule has 0 spiro atoms. The number of aliphatic hydroxyl groups is 1. The molecule has 2 aromatic heterocycles. The van der Waals surface area contributed by atoms with Crippen molar-refractivity contribution in [2.75, 3.05) is 18.5 Å².